The number of amides is 1. The number of esters is 1. The lowest BCUT2D eigenvalue weighted by molar-refractivity contribution is -0.142. The van der Waals surface area contributed by atoms with Gasteiger partial charge in [-0.1, -0.05) is 0 Å². The Morgan fingerprint density at radius 3 is 2.85 bits per heavy atom. The van der Waals surface area contributed by atoms with Crippen LogP contribution in [-0.4, -0.2) is 35.0 Å². The molecule has 7 heteroatoms. The van der Waals surface area contributed by atoms with Gasteiger partial charge >= 0.3 is 5.97 Å². The third-order valence-corrected chi connectivity index (χ3v) is 3.52. The minimum absolute atomic E-state index is 0.360. The zero-order chi connectivity index (χ0) is 14.7. The summed E-state index contributed by atoms with van der Waals surface area (Å²) in [5.41, 5.74) is 2.04. The van der Waals surface area contributed by atoms with Crippen molar-refractivity contribution >= 4 is 23.2 Å². The highest BCUT2D eigenvalue weighted by molar-refractivity contribution is 7.09. The van der Waals surface area contributed by atoms with Gasteiger partial charge in [0.25, 0.3) is 5.91 Å². The van der Waals surface area contributed by atoms with Crippen LogP contribution in [0.2, 0.25) is 0 Å². The number of hydrogen-bond acceptors (Lipinski definition) is 5. The van der Waals surface area contributed by atoms with E-state index >= 15 is 0 Å². The summed E-state index contributed by atoms with van der Waals surface area (Å²) in [6.07, 6.45) is 1.71. The normalized spacial score (nSPS) is 11.9. The fourth-order valence-corrected chi connectivity index (χ4v) is 2.30. The summed E-state index contributed by atoms with van der Waals surface area (Å²) in [6.45, 7) is 3.49. The van der Waals surface area contributed by atoms with E-state index in [2.05, 4.69) is 20.0 Å². The van der Waals surface area contributed by atoms with Gasteiger partial charge in [0.1, 0.15) is 11.7 Å². The number of hydrogen-bond donors (Lipinski definition) is 2. The number of nitrogens with one attached hydrogen (secondary N) is 2. The lowest BCUT2D eigenvalue weighted by Gasteiger charge is -2.10. The lowest BCUT2D eigenvalue weighted by Crippen LogP contribution is -2.39. The first-order valence-corrected chi connectivity index (χ1v) is 6.89. The van der Waals surface area contributed by atoms with Gasteiger partial charge in [0, 0.05) is 17.1 Å². The molecule has 1 unspecified atom stereocenters. The molecule has 0 radical (unpaired) electrons. The van der Waals surface area contributed by atoms with E-state index in [-0.39, 0.29) is 5.91 Å². The van der Waals surface area contributed by atoms with Crippen molar-refractivity contribution in [1.82, 2.24) is 15.3 Å². The topological polar surface area (TPSA) is 84.1 Å². The van der Waals surface area contributed by atoms with Crippen molar-refractivity contribution in [2.24, 2.45) is 0 Å². The van der Waals surface area contributed by atoms with Crippen molar-refractivity contribution in [2.45, 2.75) is 19.9 Å². The summed E-state index contributed by atoms with van der Waals surface area (Å²) in [7, 11) is 1.28. The first kappa shape index (κ1) is 14.3. The second kappa shape index (κ2) is 5.87. The fraction of sp³-hybridized carbons (Fsp3) is 0.308. The molecule has 0 bridgehead atoms. The third kappa shape index (κ3) is 3.05. The van der Waals surface area contributed by atoms with Crippen LogP contribution in [0.3, 0.4) is 0 Å². The average molecular weight is 293 g/mol. The van der Waals surface area contributed by atoms with Crippen molar-refractivity contribution in [2.75, 3.05) is 7.11 Å². The van der Waals surface area contributed by atoms with E-state index in [9.17, 15) is 9.59 Å². The highest BCUT2D eigenvalue weighted by Gasteiger charge is 2.18. The van der Waals surface area contributed by atoms with Gasteiger partial charge in [-0.15, -0.1) is 11.3 Å². The first-order chi connectivity index (χ1) is 9.51. The van der Waals surface area contributed by atoms with E-state index in [0.29, 0.717) is 5.69 Å². The molecule has 20 heavy (non-hydrogen) atoms. The minimum Gasteiger partial charge on any atom is -0.467 e. The number of carbonyl (C=O) groups is 2. The van der Waals surface area contributed by atoms with E-state index in [1.54, 1.807) is 30.5 Å². The van der Waals surface area contributed by atoms with Gasteiger partial charge in [0.2, 0.25) is 0 Å². The molecule has 1 atom stereocenters. The van der Waals surface area contributed by atoms with Gasteiger partial charge < -0.3 is 15.0 Å². The summed E-state index contributed by atoms with van der Waals surface area (Å²) in [5.74, 6) is -0.846. The summed E-state index contributed by atoms with van der Waals surface area (Å²) in [5, 5.41) is 5.45. The van der Waals surface area contributed by atoms with Gasteiger partial charge in [-0.2, -0.15) is 0 Å². The Balaban J connectivity index is 2.09. The number of methoxy groups -OCH3 is 1. The van der Waals surface area contributed by atoms with Crippen molar-refractivity contribution in [3.8, 4) is 11.3 Å². The molecule has 2 aromatic rings. The summed E-state index contributed by atoms with van der Waals surface area (Å²) in [4.78, 5) is 30.4. The van der Waals surface area contributed by atoms with Crippen molar-refractivity contribution in [3.63, 3.8) is 0 Å². The Morgan fingerprint density at radius 2 is 2.25 bits per heavy atom. The van der Waals surface area contributed by atoms with E-state index in [1.807, 2.05) is 12.3 Å². The van der Waals surface area contributed by atoms with E-state index < -0.39 is 12.0 Å². The number of aryl methyl sites for hydroxylation is 1. The molecule has 106 valence electrons. The molecule has 2 aromatic heterocycles. The molecule has 0 saturated carbocycles. The number of rotatable bonds is 4. The average Bonchev–Trinajstić information content (AvgIpc) is 3.05. The number of carbonyl (C=O) groups excluding carboxylic acids is 2. The Hall–Kier alpha value is -2.15. The van der Waals surface area contributed by atoms with Crippen molar-refractivity contribution in [3.05, 3.63) is 28.3 Å². The van der Waals surface area contributed by atoms with Crippen LogP contribution in [0.5, 0.6) is 0 Å². The number of nitrogens with zero attached hydrogens (tertiary/aromatic N) is 1. The van der Waals surface area contributed by atoms with E-state index in [0.717, 1.165) is 16.3 Å². The molecule has 0 aromatic carbocycles. The number of aromatic amines is 1. The lowest BCUT2D eigenvalue weighted by atomic mass is 10.2. The molecule has 0 aliphatic rings. The standard InChI is InChI=1S/C13H15N3O3S/c1-7(13(18)19-3)15-12(17)10-4-9(5-14-10)11-6-20-8(2)16-11/h4-7,14H,1-3H3,(H,15,17). The van der Waals surface area contributed by atoms with E-state index in [1.165, 1.54) is 7.11 Å². The molecular formula is C13H15N3O3S. The van der Waals surface area contributed by atoms with Crippen molar-refractivity contribution < 1.29 is 14.3 Å². The third-order valence-electron chi connectivity index (χ3n) is 2.74. The molecular weight excluding hydrogens is 278 g/mol. The number of H-pyrrole nitrogens is 1. The number of ether oxygens (including phenoxy) is 1. The molecule has 0 aliphatic heterocycles. The van der Waals surface area contributed by atoms with Crippen LogP contribution < -0.4 is 5.32 Å². The summed E-state index contributed by atoms with van der Waals surface area (Å²) < 4.78 is 4.55. The maximum atomic E-state index is 12.0. The molecule has 1 amide bonds. The van der Waals surface area contributed by atoms with Crippen molar-refractivity contribution in [1.29, 1.82) is 0 Å². The van der Waals surface area contributed by atoms with E-state index in [4.69, 9.17) is 0 Å². The van der Waals surface area contributed by atoms with Crippen LogP contribution in [0, 0.1) is 6.92 Å². The highest BCUT2D eigenvalue weighted by Crippen LogP contribution is 2.22. The molecule has 0 saturated heterocycles. The zero-order valence-electron chi connectivity index (χ0n) is 11.4. The smallest absolute Gasteiger partial charge is 0.328 e. The first-order valence-electron chi connectivity index (χ1n) is 6.01. The number of aromatic nitrogens is 2. The molecule has 6 nitrogen and oxygen atoms in total. The summed E-state index contributed by atoms with van der Waals surface area (Å²) >= 11 is 1.55. The Bertz CT molecular complexity index is 632. The van der Waals surface area contributed by atoms with Crippen LogP contribution in [0.25, 0.3) is 11.3 Å². The van der Waals surface area contributed by atoms with Gasteiger partial charge in [-0.05, 0) is 19.9 Å². The Labute approximate surface area is 120 Å². The fourth-order valence-electron chi connectivity index (χ4n) is 1.68. The Morgan fingerprint density at radius 1 is 1.50 bits per heavy atom. The van der Waals surface area contributed by atoms with Crippen LogP contribution in [0.15, 0.2) is 17.6 Å². The van der Waals surface area contributed by atoms with Crippen LogP contribution in [0.4, 0.5) is 0 Å². The zero-order valence-corrected chi connectivity index (χ0v) is 12.2. The Kier molecular flexibility index (Phi) is 4.19. The molecule has 0 fully saturated rings. The van der Waals surface area contributed by atoms with Crippen LogP contribution in [-0.2, 0) is 9.53 Å². The predicted octanol–water partition coefficient (Wildman–Crippen LogP) is 1.74. The molecule has 2 N–H and O–H groups in total. The molecule has 2 rings (SSSR count). The quantitative estimate of drug-likeness (QED) is 0.841. The van der Waals surface area contributed by atoms with Gasteiger partial charge in [0.05, 0.1) is 17.8 Å². The van der Waals surface area contributed by atoms with Gasteiger partial charge in [-0.25, -0.2) is 9.78 Å². The minimum atomic E-state index is -0.694. The molecule has 0 spiro atoms. The second-order valence-corrected chi connectivity index (χ2v) is 5.33. The van der Waals surface area contributed by atoms with Crippen LogP contribution >= 0.6 is 11.3 Å². The largest absolute Gasteiger partial charge is 0.467 e. The number of thiazole rings is 1. The monoisotopic (exact) mass is 293 g/mol. The summed E-state index contributed by atoms with van der Waals surface area (Å²) in [6, 6.07) is 1.01. The second-order valence-electron chi connectivity index (χ2n) is 4.27. The maximum Gasteiger partial charge on any atom is 0.328 e. The SMILES string of the molecule is COC(=O)C(C)NC(=O)c1cc(-c2csc(C)n2)c[nH]1. The predicted molar refractivity (Wildman–Crippen MR) is 75.6 cm³/mol. The van der Waals surface area contributed by atoms with Gasteiger partial charge in [-0.3, -0.25) is 4.79 Å². The maximum absolute atomic E-state index is 12.0. The molecule has 2 heterocycles. The van der Waals surface area contributed by atoms with Gasteiger partial charge in [0.15, 0.2) is 0 Å². The van der Waals surface area contributed by atoms with Crippen LogP contribution in [0.1, 0.15) is 22.4 Å². The highest BCUT2D eigenvalue weighted by atomic mass is 32.1. The molecule has 0 aliphatic carbocycles.